The Labute approximate surface area is 145 Å². The second kappa shape index (κ2) is 6.35. The van der Waals surface area contributed by atoms with Gasteiger partial charge in [0.05, 0.1) is 14.2 Å². The van der Waals surface area contributed by atoms with Crippen LogP contribution in [-0.2, 0) is 23.9 Å². The molecule has 2 aliphatic rings. The molecule has 0 amide bonds. The molecule has 1 aromatic rings. The summed E-state index contributed by atoms with van der Waals surface area (Å²) in [5, 5.41) is 0. The molecule has 0 N–H and O–H groups in total. The molecular formula is C19H20O6. The molecule has 0 heterocycles. The monoisotopic (exact) mass is 344 g/mol. The van der Waals surface area contributed by atoms with Crippen molar-refractivity contribution in [2.75, 3.05) is 14.2 Å². The zero-order valence-electron chi connectivity index (χ0n) is 14.4. The molecule has 6 heteroatoms. The van der Waals surface area contributed by atoms with Crippen molar-refractivity contribution in [3.05, 3.63) is 35.9 Å². The van der Waals surface area contributed by atoms with Crippen LogP contribution < -0.4 is 4.74 Å². The van der Waals surface area contributed by atoms with Crippen molar-refractivity contribution >= 4 is 23.5 Å². The first-order valence-corrected chi connectivity index (χ1v) is 8.08. The minimum Gasteiger partial charge on any atom is -0.468 e. The Morgan fingerprint density at radius 1 is 1.00 bits per heavy atom. The van der Waals surface area contributed by atoms with E-state index in [2.05, 4.69) is 6.08 Å². The van der Waals surface area contributed by atoms with E-state index >= 15 is 0 Å². The van der Waals surface area contributed by atoms with Gasteiger partial charge in [0.2, 0.25) is 0 Å². The number of benzene rings is 1. The predicted octanol–water partition coefficient (Wildman–Crippen LogP) is 2.37. The number of hydrogen-bond donors (Lipinski definition) is 0. The molecular weight excluding hydrogens is 324 g/mol. The Hall–Kier alpha value is -2.63. The molecule has 2 atom stereocenters. The van der Waals surface area contributed by atoms with Crippen molar-refractivity contribution in [3.8, 4) is 5.75 Å². The lowest BCUT2D eigenvalue weighted by atomic mass is 9.74. The Balaban J connectivity index is 1.79. The fourth-order valence-corrected chi connectivity index (χ4v) is 3.91. The lowest BCUT2D eigenvalue weighted by Crippen LogP contribution is -2.39. The first-order valence-electron chi connectivity index (χ1n) is 8.08. The van der Waals surface area contributed by atoms with E-state index in [4.69, 9.17) is 14.2 Å². The Morgan fingerprint density at radius 2 is 1.60 bits per heavy atom. The lowest BCUT2D eigenvalue weighted by Gasteiger charge is -2.30. The van der Waals surface area contributed by atoms with E-state index in [1.54, 1.807) is 12.1 Å². The van der Waals surface area contributed by atoms with Gasteiger partial charge in [-0.3, -0.25) is 14.4 Å². The topological polar surface area (TPSA) is 78.9 Å². The fraction of sp³-hybridized carbons (Fsp3) is 0.421. The van der Waals surface area contributed by atoms with E-state index < -0.39 is 17.4 Å². The maximum absolute atomic E-state index is 12.3. The van der Waals surface area contributed by atoms with E-state index in [-0.39, 0.29) is 17.8 Å². The predicted molar refractivity (Wildman–Crippen MR) is 88.4 cm³/mol. The Bertz CT molecular complexity index is 730. The standard InChI is InChI=1S/C19H20O6/c1-11(20)25-14-6-4-12(5-7-14)15-8-13-9-19(10-16(13)15,17(21)23-2)18(22)24-3/h4-8,13,16H,9-10H2,1-3H3/t13-,16+/m1/s1. The third kappa shape index (κ3) is 2.81. The van der Waals surface area contributed by atoms with Crippen LogP contribution in [0.3, 0.4) is 0 Å². The summed E-state index contributed by atoms with van der Waals surface area (Å²) in [6.07, 6.45) is 2.87. The van der Waals surface area contributed by atoms with Gasteiger partial charge in [-0.1, -0.05) is 18.2 Å². The molecule has 1 fully saturated rings. The number of carbonyl (C=O) groups is 3. The maximum Gasteiger partial charge on any atom is 0.323 e. The summed E-state index contributed by atoms with van der Waals surface area (Å²) >= 11 is 0. The Kier molecular flexibility index (Phi) is 4.37. The van der Waals surface area contributed by atoms with Crippen molar-refractivity contribution < 1.29 is 28.6 Å². The number of carbonyl (C=O) groups excluding carboxylic acids is 3. The molecule has 3 rings (SSSR count). The summed E-state index contributed by atoms with van der Waals surface area (Å²) in [6.45, 7) is 1.35. The van der Waals surface area contributed by atoms with Gasteiger partial charge in [-0.2, -0.15) is 0 Å². The summed E-state index contributed by atoms with van der Waals surface area (Å²) in [5.74, 6) is -0.692. The van der Waals surface area contributed by atoms with Crippen LogP contribution >= 0.6 is 0 Å². The minimum absolute atomic E-state index is 0.109. The first kappa shape index (κ1) is 17.2. The molecule has 0 aliphatic heterocycles. The molecule has 0 spiro atoms. The van der Waals surface area contributed by atoms with Crippen LogP contribution in [0.4, 0.5) is 0 Å². The molecule has 0 radical (unpaired) electrons. The van der Waals surface area contributed by atoms with Crippen molar-refractivity contribution in [2.24, 2.45) is 17.3 Å². The third-order valence-corrected chi connectivity index (χ3v) is 5.06. The summed E-state index contributed by atoms with van der Waals surface area (Å²) in [6, 6.07) is 7.20. The highest BCUT2D eigenvalue weighted by molar-refractivity contribution is 6.01. The van der Waals surface area contributed by atoms with Crippen LogP contribution in [0.5, 0.6) is 5.75 Å². The average Bonchev–Trinajstić information content (AvgIpc) is 2.89. The number of esters is 3. The molecule has 2 aliphatic carbocycles. The highest BCUT2D eigenvalue weighted by Gasteiger charge is 2.59. The van der Waals surface area contributed by atoms with E-state index in [9.17, 15) is 14.4 Å². The van der Waals surface area contributed by atoms with Gasteiger partial charge in [0.15, 0.2) is 5.41 Å². The van der Waals surface area contributed by atoms with Crippen molar-refractivity contribution in [1.29, 1.82) is 0 Å². The van der Waals surface area contributed by atoms with Crippen LogP contribution in [0, 0.1) is 17.3 Å². The maximum atomic E-state index is 12.3. The Morgan fingerprint density at radius 3 is 2.12 bits per heavy atom. The zero-order chi connectivity index (χ0) is 18.2. The summed E-state index contributed by atoms with van der Waals surface area (Å²) in [7, 11) is 2.57. The second-order valence-electron chi connectivity index (χ2n) is 6.48. The number of rotatable bonds is 4. The van der Waals surface area contributed by atoms with Crippen LogP contribution in [0.25, 0.3) is 5.57 Å². The van der Waals surface area contributed by atoms with Crippen LogP contribution in [0.1, 0.15) is 25.3 Å². The van der Waals surface area contributed by atoms with Gasteiger partial charge >= 0.3 is 17.9 Å². The van der Waals surface area contributed by atoms with Gasteiger partial charge in [0, 0.05) is 6.92 Å². The van der Waals surface area contributed by atoms with E-state index in [0.717, 1.165) is 11.1 Å². The molecule has 6 nitrogen and oxygen atoms in total. The highest BCUT2D eigenvalue weighted by Crippen LogP contribution is 2.58. The molecule has 0 bridgehead atoms. The van der Waals surface area contributed by atoms with Gasteiger partial charge in [0.1, 0.15) is 5.75 Å². The molecule has 0 aromatic heterocycles. The van der Waals surface area contributed by atoms with Gasteiger partial charge in [-0.25, -0.2) is 0 Å². The van der Waals surface area contributed by atoms with Crippen LogP contribution in [0.2, 0.25) is 0 Å². The van der Waals surface area contributed by atoms with E-state index in [0.29, 0.717) is 18.6 Å². The van der Waals surface area contributed by atoms with Crippen molar-refractivity contribution in [3.63, 3.8) is 0 Å². The number of methoxy groups -OCH3 is 2. The minimum atomic E-state index is -1.23. The number of fused-ring (bicyclic) bond motifs is 1. The van der Waals surface area contributed by atoms with Gasteiger partial charge in [-0.05, 0) is 47.9 Å². The van der Waals surface area contributed by atoms with Crippen LogP contribution in [0.15, 0.2) is 30.3 Å². The largest absolute Gasteiger partial charge is 0.468 e. The van der Waals surface area contributed by atoms with Gasteiger partial charge in [0.25, 0.3) is 0 Å². The molecule has 0 unspecified atom stereocenters. The fourth-order valence-electron chi connectivity index (χ4n) is 3.91. The molecule has 1 aromatic carbocycles. The normalized spacial score (nSPS) is 22.9. The van der Waals surface area contributed by atoms with Crippen LogP contribution in [-0.4, -0.2) is 32.1 Å². The number of allylic oxidation sites excluding steroid dienone is 2. The zero-order valence-corrected chi connectivity index (χ0v) is 14.4. The average molecular weight is 344 g/mol. The van der Waals surface area contributed by atoms with Gasteiger partial charge in [-0.15, -0.1) is 0 Å². The summed E-state index contributed by atoms with van der Waals surface area (Å²) < 4.78 is 14.8. The molecule has 25 heavy (non-hydrogen) atoms. The van der Waals surface area contributed by atoms with E-state index in [1.165, 1.54) is 21.1 Å². The SMILES string of the molecule is COC(=O)C1(C(=O)OC)C[C@H]2C=C(c3ccc(OC(C)=O)cc3)[C@H]2C1. The highest BCUT2D eigenvalue weighted by atomic mass is 16.5. The smallest absolute Gasteiger partial charge is 0.323 e. The summed E-state index contributed by atoms with van der Waals surface area (Å²) in [5.41, 5.74) is 0.853. The quantitative estimate of drug-likeness (QED) is 0.474. The molecule has 0 saturated heterocycles. The first-order chi connectivity index (χ1) is 11.9. The van der Waals surface area contributed by atoms with Crippen molar-refractivity contribution in [2.45, 2.75) is 19.8 Å². The molecule has 1 saturated carbocycles. The number of ether oxygens (including phenoxy) is 3. The number of hydrogen-bond acceptors (Lipinski definition) is 6. The lowest BCUT2D eigenvalue weighted by molar-refractivity contribution is -0.168. The second-order valence-corrected chi connectivity index (χ2v) is 6.48. The third-order valence-electron chi connectivity index (χ3n) is 5.06. The van der Waals surface area contributed by atoms with E-state index in [1.807, 2.05) is 12.1 Å². The van der Waals surface area contributed by atoms with Crippen molar-refractivity contribution in [1.82, 2.24) is 0 Å². The molecule has 132 valence electrons. The summed E-state index contributed by atoms with van der Waals surface area (Å²) in [4.78, 5) is 35.5. The van der Waals surface area contributed by atoms with Gasteiger partial charge < -0.3 is 14.2 Å².